The second-order valence-electron chi connectivity index (χ2n) is 4.43. The Balaban J connectivity index is 2.03. The first-order valence-corrected chi connectivity index (χ1v) is 5.96. The van der Waals surface area contributed by atoms with Gasteiger partial charge in [0.05, 0.1) is 11.5 Å². The number of benzene rings is 1. The summed E-state index contributed by atoms with van der Waals surface area (Å²) in [7, 11) is 1.92. The van der Waals surface area contributed by atoms with E-state index in [-0.39, 0.29) is 5.41 Å². The molecule has 2 rings (SSSR count). The molecule has 1 N–H and O–H groups in total. The predicted octanol–water partition coefficient (Wildman–Crippen LogP) is 2.20. The van der Waals surface area contributed by atoms with E-state index in [2.05, 4.69) is 23.2 Å². The van der Waals surface area contributed by atoms with Gasteiger partial charge in [-0.05, 0) is 37.6 Å². The molecule has 2 nitrogen and oxygen atoms in total. The highest BCUT2D eigenvalue weighted by atomic mass is 14.8. The number of hydrogen-bond donors (Lipinski definition) is 1. The van der Waals surface area contributed by atoms with Gasteiger partial charge in [-0.2, -0.15) is 5.26 Å². The van der Waals surface area contributed by atoms with E-state index in [0.29, 0.717) is 0 Å². The molecule has 0 heterocycles. The van der Waals surface area contributed by atoms with Crippen LogP contribution in [0.4, 0.5) is 0 Å². The molecule has 0 radical (unpaired) electrons. The van der Waals surface area contributed by atoms with E-state index in [4.69, 9.17) is 5.26 Å². The Hall–Kier alpha value is -1.77. The van der Waals surface area contributed by atoms with Gasteiger partial charge in [-0.3, -0.25) is 0 Å². The van der Waals surface area contributed by atoms with Gasteiger partial charge in [0.25, 0.3) is 0 Å². The molecule has 0 amide bonds. The van der Waals surface area contributed by atoms with Gasteiger partial charge in [0.1, 0.15) is 0 Å². The van der Waals surface area contributed by atoms with E-state index < -0.39 is 0 Å². The van der Waals surface area contributed by atoms with Crippen molar-refractivity contribution in [2.24, 2.45) is 0 Å². The Morgan fingerprint density at radius 3 is 2.53 bits per heavy atom. The van der Waals surface area contributed by atoms with Crippen LogP contribution in [-0.4, -0.2) is 13.6 Å². The van der Waals surface area contributed by atoms with Gasteiger partial charge in [-0.25, -0.2) is 0 Å². The molecule has 0 aromatic heterocycles. The summed E-state index contributed by atoms with van der Waals surface area (Å²) in [4.78, 5) is 0. The topological polar surface area (TPSA) is 35.8 Å². The van der Waals surface area contributed by atoms with Crippen molar-refractivity contribution in [1.82, 2.24) is 5.32 Å². The fraction of sp³-hybridized carbons (Fsp3) is 0.400. The number of hydrogen-bond acceptors (Lipinski definition) is 2. The van der Waals surface area contributed by atoms with Crippen molar-refractivity contribution in [2.75, 3.05) is 13.6 Å². The molecule has 1 saturated carbocycles. The number of nitrogens with zero attached hydrogens (tertiary/aromatic N) is 1. The van der Waals surface area contributed by atoms with Crippen molar-refractivity contribution in [3.63, 3.8) is 0 Å². The smallest absolute Gasteiger partial charge is 0.0823 e. The summed E-state index contributed by atoms with van der Waals surface area (Å²) in [6, 6.07) is 10.5. The van der Waals surface area contributed by atoms with Crippen LogP contribution < -0.4 is 5.32 Å². The summed E-state index contributed by atoms with van der Waals surface area (Å²) < 4.78 is 0. The average molecular weight is 224 g/mol. The molecule has 1 aromatic rings. The minimum atomic E-state index is -0.182. The molecule has 2 heteroatoms. The predicted molar refractivity (Wildman–Crippen MR) is 68.4 cm³/mol. The van der Waals surface area contributed by atoms with Crippen molar-refractivity contribution in [1.29, 1.82) is 5.26 Å². The monoisotopic (exact) mass is 224 g/mol. The third-order valence-electron chi connectivity index (χ3n) is 3.13. The summed E-state index contributed by atoms with van der Waals surface area (Å²) >= 11 is 0. The first kappa shape index (κ1) is 11.7. The molecular formula is C15H16N2. The summed E-state index contributed by atoms with van der Waals surface area (Å²) in [6.45, 7) is 0.919. The molecule has 1 fully saturated rings. The van der Waals surface area contributed by atoms with E-state index in [1.807, 2.05) is 31.3 Å². The van der Waals surface area contributed by atoms with E-state index in [1.165, 1.54) is 0 Å². The standard InChI is InChI=1S/C15H16N2/c1-17-11-3-2-4-13-5-7-14(8-6-13)15(12-16)9-10-15/h5-8,17H,3,9-11H2,1H3. The van der Waals surface area contributed by atoms with Crippen LogP contribution in [0.1, 0.15) is 30.4 Å². The maximum Gasteiger partial charge on any atom is 0.0823 e. The fourth-order valence-corrected chi connectivity index (χ4v) is 1.81. The molecule has 0 aliphatic heterocycles. The Labute approximate surface area is 103 Å². The van der Waals surface area contributed by atoms with E-state index in [0.717, 1.165) is 36.9 Å². The summed E-state index contributed by atoms with van der Waals surface area (Å²) in [5.74, 6) is 6.24. The molecule has 1 aromatic carbocycles. The summed E-state index contributed by atoms with van der Waals surface area (Å²) in [6.07, 6.45) is 2.85. The Kier molecular flexibility index (Phi) is 3.47. The van der Waals surface area contributed by atoms with Crippen molar-refractivity contribution >= 4 is 0 Å². The molecule has 1 aliphatic rings. The minimum Gasteiger partial charge on any atom is -0.319 e. The van der Waals surface area contributed by atoms with Crippen molar-refractivity contribution in [3.05, 3.63) is 35.4 Å². The molecular weight excluding hydrogens is 208 g/mol. The number of nitriles is 1. The third-order valence-corrected chi connectivity index (χ3v) is 3.13. The second-order valence-corrected chi connectivity index (χ2v) is 4.43. The van der Waals surface area contributed by atoms with Gasteiger partial charge in [-0.15, -0.1) is 0 Å². The average Bonchev–Trinajstić information content (AvgIpc) is 3.16. The van der Waals surface area contributed by atoms with Gasteiger partial charge >= 0.3 is 0 Å². The lowest BCUT2D eigenvalue weighted by molar-refractivity contribution is 0.818. The fourth-order valence-electron chi connectivity index (χ4n) is 1.81. The number of nitrogens with one attached hydrogen (secondary N) is 1. The summed E-state index contributed by atoms with van der Waals surface area (Å²) in [5.41, 5.74) is 1.98. The van der Waals surface area contributed by atoms with Gasteiger partial charge in [0.15, 0.2) is 0 Å². The van der Waals surface area contributed by atoms with Crippen molar-refractivity contribution < 1.29 is 0 Å². The highest BCUT2D eigenvalue weighted by Crippen LogP contribution is 2.47. The van der Waals surface area contributed by atoms with Crippen LogP contribution in [0.2, 0.25) is 0 Å². The minimum absolute atomic E-state index is 0.182. The quantitative estimate of drug-likeness (QED) is 0.631. The lowest BCUT2D eigenvalue weighted by Gasteiger charge is -2.04. The largest absolute Gasteiger partial charge is 0.319 e. The highest BCUT2D eigenvalue weighted by molar-refractivity contribution is 5.43. The maximum atomic E-state index is 9.09. The first-order chi connectivity index (χ1) is 8.30. The van der Waals surface area contributed by atoms with Crippen LogP contribution in [0.15, 0.2) is 24.3 Å². The van der Waals surface area contributed by atoms with E-state index in [9.17, 15) is 0 Å². The first-order valence-electron chi connectivity index (χ1n) is 5.96. The van der Waals surface area contributed by atoms with Crippen LogP contribution in [0.25, 0.3) is 0 Å². The zero-order valence-electron chi connectivity index (χ0n) is 10.1. The zero-order chi connectivity index (χ0) is 12.1. The van der Waals surface area contributed by atoms with Gasteiger partial charge in [0.2, 0.25) is 0 Å². The van der Waals surface area contributed by atoms with Crippen LogP contribution in [-0.2, 0) is 5.41 Å². The molecule has 17 heavy (non-hydrogen) atoms. The third kappa shape index (κ3) is 2.67. The Morgan fingerprint density at radius 1 is 1.29 bits per heavy atom. The maximum absolute atomic E-state index is 9.09. The van der Waals surface area contributed by atoms with Crippen molar-refractivity contribution in [3.8, 4) is 17.9 Å². The second kappa shape index (κ2) is 5.04. The van der Waals surface area contributed by atoms with E-state index >= 15 is 0 Å². The highest BCUT2D eigenvalue weighted by Gasteiger charge is 2.44. The van der Waals surface area contributed by atoms with Crippen molar-refractivity contribution in [2.45, 2.75) is 24.7 Å². The van der Waals surface area contributed by atoms with Crippen LogP contribution in [0.3, 0.4) is 0 Å². The molecule has 0 saturated heterocycles. The molecule has 0 atom stereocenters. The summed E-state index contributed by atoms with van der Waals surface area (Å²) in [5, 5.41) is 12.2. The lowest BCUT2D eigenvalue weighted by Crippen LogP contribution is -2.05. The van der Waals surface area contributed by atoms with Gasteiger partial charge < -0.3 is 5.32 Å². The molecule has 1 aliphatic carbocycles. The molecule has 0 bridgehead atoms. The van der Waals surface area contributed by atoms with Gasteiger partial charge in [-0.1, -0.05) is 24.0 Å². The Morgan fingerprint density at radius 2 is 2.00 bits per heavy atom. The van der Waals surface area contributed by atoms with E-state index in [1.54, 1.807) is 0 Å². The van der Waals surface area contributed by atoms with Crippen LogP contribution in [0.5, 0.6) is 0 Å². The van der Waals surface area contributed by atoms with Crippen LogP contribution in [0, 0.1) is 23.2 Å². The number of rotatable bonds is 3. The molecule has 0 spiro atoms. The Bertz CT molecular complexity index is 478. The van der Waals surface area contributed by atoms with Crippen LogP contribution >= 0.6 is 0 Å². The molecule has 0 unspecified atom stereocenters. The van der Waals surface area contributed by atoms with Gasteiger partial charge in [0, 0.05) is 18.5 Å². The SMILES string of the molecule is CNCCC#Cc1ccc(C2(C#N)CC2)cc1. The lowest BCUT2D eigenvalue weighted by atomic mass is 9.97. The normalized spacial score (nSPS) is 15.5. The zero-order valence-corrected chi connectivity index (χ0v) is 10.1. The molecule has 86 valence electrons.